The predicted octanol–water partition coefficient (Wildman–Crippen LogP) is 4.43. The smallest absolute Gasteiger partial charge is 0.152 e. The molecule has 0 amide bonds. The predicted molar refractivity (Wildman–Crippen MR) is 115 cm³/mol. The molecule has 1 aromatic heterocycles. The van der Waals surface area contributed by atoms with Gasteiger partial charge >= 0.3 is 0 Å². The standard InChI is InChI=1S/C23H30FN5/c1-4-29(22-21(14-19(24)15-26-22)27-23(2,3)17-25)20-10-12-28(13-11-20)16-18-8-6-5-7-9-18/h5-9,14-15,20,27H,4,10-13,16H2,1-3H3. The minimum absolute atomic E-state index is 0.343. The summed E-state index contributed by atoms with van der Waals surface area (Å²) in [6, 6.07) is 14.5. The number of likely N-dealkylation sites (tertiary alicyclic amines) is 1. The molecule has 0 aliphatic carbocycles. The molecule has 0 saturated carbocycles. The van der Waals surface area contributed by atoms with Gasteiger partial charge in [0.05, 0.1) is 18.0 Å². The number of nitriles is 1. The molecule has 154 valence electrons. The monoisotopic (exact) mass is 395 g/mol. The summed E-state index contributed by atoms with van der Waals surface area (Å²) in [4.78, 5) is 9.12. The van der Waals surface area contributed by atoms with Crippen molar-refractivity contribution in [3.05, 3.63) is 54.0 Å². The van der Waals surface area contributed by atoms with Crippen LogP contribution in [0.3, 0.4) is 0 Å². The largest absolute Gasteiger partial charge is 0.365 e. The van der Waals surface area contributed by atoms with Gasteiger partial charge in [0.15, 0.2) is 5.82 Å². The molecule has 3 rings (SSSR count). The number of piperidine rings is 1. The molecule has 0 unspecified atom stereocenters. The Hall–Kier alpha value is -2.65. The van der Waals surface area contributed by atoms with Crippen molar-refractivity contribution >= 4 is 11.5 Å². The summed E-state index contributed by atoms with van der Waals surface area (Å²) in [6.07, 6.45) is 3.31. The van der Waals surface area contributed by atoms with Crippen molar-refractivity contribution < 1.29 is 4.39 Å². The maximum atomic E-state index is 13.9. The molecule has 1 saturated heterocycles. The second-order valence-corrected chi connectivity index (χ2v) is 8.17. The Kier molecular flexibility index (Phi) is 6.71. The van der Waals surface area contributed by atoms with Gasteiger partial charge in [0, 0.05) is 38.3 Å². The molecule has 5 nitrogen and oxygen atoms in total. The molecule has 1 aliphatic rings. The number of pyridine rings is 1. The lowest BCUT2D eigenvalue weighted by Gasteiger charge is -2.39. The van der Waals surface area contributed by atoms with Gasteiger partial charge in [-0.3, -0.25) is 4.90 Å². The molecule has 2 aromatic rings. The summed E-state index contributed by atoms with van der Waals surface area (Å²) >= 11 is 0. The van der Waals surface area contributed by atoms with Gasteiger partial charge in [-0.2, -0.15) is 5.26 Å². The number of benzene rings is 1. The van der Waals surface area contributed by atoms with Crippen LogP contribution in [0.2, 0.25) is 0 Å². The van der Waals surface area contributed by atoms with E-state index in [1.807, 2.05) is 6.07 Å². The average Bonchev–Trinajstić information content (AvgIpc) is 2.72. The Morgan fingerprint density at radius 3 is 2.59 bits per heavy atom. The highest BCUT2D eigenvalue weighted by molar-refractivity contribution is 5.67. The second-order valence-electron chi connectivity index (χ2n) is 8.17. The minimum atomic E-state index is -0.803. The van der Waals surface area contributed by atoms with Crippen LogP contribution in [0.4, 0.5) is 15.9 Å². The Labute approximate surface area is 173 Å². The molecule has 1 aromatic carbocycles. The van der Waals surface area contributed by atoms with Crippen molar-refractivity contribution in [2.24, 2.45) is 0 Å². The normalized spacial score (nSPS) is 15.7. The van der Waals surface area contributed by atoms with Crippen LogP contribution in [-0.4, -0.2) is 41.1 Å². The lowest BCUT2D eigenvalue weighted by molar-refractivity contribution is 0.201. The Morgan fingerprint density at radius 2 is 1.97 bits per heavy atom. The third-order valence-corrected chi connectivity index (χ3v) is 5.42. The van der Waals surface area contributed by atoms with Gasteiger partial charge < -0.3 is 10.2 Å². The first-order valence-electron chi connectivity index (χ1n) is 10.3. The number of halogens is 1. The fraction of sp³-hybridized carbons (Fsp3) is 0.478. The van der Waals surface area contributed by atoms with Gasteiger partial charge in [-0.1, -0.05) is 30.3 Å². The number of rotatable bonds is 7. The maximum Gasteiger partial charge on any atom is 0.152 e. The topological polar surface area (TPSA) is 55.2 Å². The summed E-state index contributed by atoms with van der Waals surface area (Å²) < 4.78 is 13.9. The van der Waals surface area contributed by atoms with Crippen LogP contribution in [0, 0.1) is 17.1 Å². The Morgan fingerprint density at radius 1 is 1.28 bits per heavy atom. The van der Waals surface area contributed by atoms with Crippen molar-refractivity contribution in [1.29, 1.82) is 5.26 Å². The number of aromatic nitrogens is 1. The summed E-state index contributed by atoms with van der Waals surface area (Å²) in [6.45, 7) is 9.44. The van der Waals surface area contributed by atoms with Crippen molar-refractivity contribution in [2.45, 2.75) is 51.7 Å². The number of nitrogens with zero attached hydrogens (tertiary/aromatic N) is 4. The minimum Gasteiger partial charge on any atom is -0.365 e. The highest BCUT2D eigenvalue weighted by atomic mass is 19.1. The summed E-state index contributed by atoms with van der Waals surface area (Å²) in [7, 11) is 0. The molecule has 1 aliphatic heterocycles. The fourth-order valence-electron chi connectivity index (χ4n) is 3.93. The molecule has 6 heteroatoms. The van der Waals surface area contributed by atoms with Gasteiger partial charge in [-0.15, -0.1) is 0 Å². The SMILES string of the molecule is CCN(c1ncc(F)cc1NC(C)(C)C#N)C1CCN(Cc2ccccc2)CC1. The van der Waals surface area contributed by atoms with Gasteiger partial charge in [0.25, 0.3) is 0 Å². The molecule has 0 bridgehead atoms. The van der Waals surface area contributed by atoms with E-state index in [0.29, 0.717) is 11.7 Å². The van der Waals surface area contributed by atoms with Crippen LogP contribution in [-0.2, 0) is 6.54 Å². The van der Waals surface area contributed by atoms with Gasteiger partial charge in [-0.05, 0) is 39.2 Å². The van der Waals surface area contributed by atoms with Gasteiger partial charge in [-0.25, -0.2) is 9.37 Å². The average molecular weight is 396 g/mol. The van der Waals surface area contributed by atoms with E-state index >= 15 is 0 Å². The van der Waals surface area contributed by atoms with Crippen LogP contribution in [0.1, 0.15) is 39.2 Å². The van der Waals surface area contributed by atoms with Crippen molar-refractivity contribution in [3.63, 3.8) is 0 Å². The first kappa shape index (κ1) is 21.1. The van der Waals surface area contributed by atoms with E-state index < -0.39 is 11.4 Å². The molecule has 1 N–H and O–H groups in total. The lowest BCUT2D eigenvalue weighted by atomic mass is 10.0. The van der Waals surface area contributed by atoms with Crippen LogP contribution < -0.4 is 10.2 Å². The summed E-state index contributed by atoms with van der Waals surface area (Å²) in [5.74, 6) is 0.317. The highest BCUT2D eigenvalue weighted by Gasteiger charge is 2.28. The van der Waals surface area contributed by atoms with Crippen LogP contribution in [0.15, 0.2) is 42.6 Å². The molecule has 0 atom stereocenters. The van der Waals surface area contributed by atoms with E-state index in [4.69, 9.17) is 0 Å². The molecule has 0 radical (unpaired) electrons. The Balaban J connectivity index is 1.71. The van der Waals surface area contributed by atoms with E-state index in [2.05, 4.69) is 57.4 Å². The second kappa shape index (κ2) is 9.23. The zero-order valence-corrected chi connectivity index (χ0v) is 17.5. The van der Waals surface area contributed by atoms with Crippen molar-refractivity contribution in [2.75, 3.05) is 29.9 Å². The zero-order chi connectivity index (χ0) is 20.9. The fourth-order valence-corrected chi connectivity index (χ4v) is 3.93. The van der Waals surface area contributed by atoms with Gasteiger partial charge in [0.2, 0.25) is 0 Å². The molecule has 0 spiro atoms. The van der Waals surface area contributed by atoms with Crippen LogP contribution in [0.25, 0.3) is 0 Å². The van der Waals surface area contributed by atoms with Gasteiger partial charge in [0.1, 0.15) is 11.4 Å². The summed E-state index contributed by atoms with van der Waals surface area (Å²) in [5.41, 5.74) is 1.11. The van der Waals surface area contributed by atoms with E-state index in [1.165, 1.54) is 17.8 Å². The van der Waals surface area contributed by atoms with Crippen molar-refractivity contribution in [3.8, 4) is 6.07 Å². The first-order valence-corrected chi connectivity index (χ1v) is 10.3. The Bertz CT molecular complexity index is 838. The quantitative estimate of drug-likeness (QED) is 0.752. The van der Waals surface area contributed by atoms with E-state index in [1.54, 1.807) is 13.8 Å². The highest BCUT2D eigenvalue weighted by Crippen LogP contribution is 2.31. The van der Waals surface area contributed by atoms with E-state index in [9.17, 15) is 9.65 Å². The third kappa shape index (κ3) is 5.45. The molecule has 29 heavy (non-hydrogen) atoms. The number of anilines is 2. The van der Waals surface area contributed by atoms with Crippen LogP contribution in [0.5, 0.6) is 0 Å². The third-order valence-electron chi connectivity index (χ3n) is 5.42. The maximum absolute atomic E-state index is 13.9. The van der Waals surface area contributed by atoms with E-state index in [0.717, 1.165) is 44.8 Å². The number of nitrogens with one attached hydrogen (secondary N) is 1. The lowest BCUT2D eigenvalue weighted by Crippen LogP contribution is -2.45. The zero-order valence-electron chi connectivity index (χ0n) is 17.5. The number of hydrogen-bond acceptors (Lipinski definition) is 5. The summed E-state index contributed by atoms with van der Waals surface area (Å²) in [5, 5.41) is 12.5. The molecular weight excluding hydrogens is 365 g/mol. The number of hydrogen-bond donors (Lipinski definition) is 1. The molecule has 2 heterocycles. The first-order chi connectivity index (χ1) is 13.9. The van der Waals surface area contributed by atoms with Crippen LogP contribution >= 0.6 is 0 Å². The van der Waals surface area contributed by atoms with E-state index in [-0.39, 0.29) is 0 Å². The molecular formula is C23H30FN5. The van der Waals surface area contributed by atoms with Crippen molar-refractivity contribution in [1.82, 2.24) is 9.88 Å². The molecule has 1 fully saturated rings.